The number of phenolic OH excluding ortho intramolecular Hbond substituents is 1. The fourth-order valence-corrected chi connectivity index (χ4v) is 2.93. The summed E-state index contributed by atoms with van der Waals surface area (Å²) in [6.45, 7) is 3.71. The number of fused-ring (bicyclic) bond motifs is 1. The zero-order valence-electron chi connectivity index (χ0n) is 13.9. The molecular formula is C17H17N5O2S. The van der Waals surface area contributed by atoms with Crippen LogP contribution in [0.3, 0.4) is 0 Å². The highest BCUT2D eigenvalue weighted by atomic mass is 32.1. The Morgan fingerprint density at radius 1 is 1.32 bits per heavy atom. The molecule has 3 rings (SSSR count). The van der Waals surface area contributed by atoms with E-state index < -0.39 is 0 Å². The lowest BCUT2D eigenvalue weighted by Gasteiger charge is -2.10. The molecule has 2 aromatic heterocycles. The van der Waals surface area contributed by atoms with Crippen LogP contribution in [0.15, 0.2) is 40.7 Å². The Balaban J connectivity index is 1.97. The van der Waals surface area contributed by atoms with E-state index >= 15 is 0 Å². The molecule has 1 amide bonds. The van der Waals surface area contributed by atoms with Crippen LogP contribution >= 0.6 is 11.5 Å². The third-order valence-corrected chi connectivity index (χ3v) is 4.40. The lowest BCUT2D eigenvalue weighted by atomic mass is 10.1. The van der Waals surface area contributed by atoms with Gasteiger partial charge in [0.1, 0.15) is 5.75 Å². The van der Waals surface area contributed by atoms with Crippen molar-refractivity contribution < 1.29 is 9.90 Å². The van der Waals surface area contributed by atoms with Crippen LogP contribution in [-0.2, 0) is 11.2 Å². The topological polar surface area (TPSA) is 99.8 Å². The summed E-state index contributed by atoms with van der Waals surface area (Å²) in [5, 5.41) is 22.9. The molecule has 0 atom stereocenters. The molecule has 1 aromatic carbocycles. The van der Waals surface area contributed by atoms with Crippen LogP contribution in [0.4, 0.5) is 16.4 Å². The molecule has 0 bridgehead atoms. The number of rotatable bonds is 5. The van der Waals surface area contributed by atoms with E-state index in [1.165, 1.54) is 11.5 Å². The molecule has 0 saturated carbocycles. The van der Waals surface area contributed by atoms with Gasteiger partial charge in [-0.25, -0.2) is 4.98 Å². The van der Waals surface area contributed by atoms with E-state index in [0.29, 0.717) is 34.9 Å². The molecule has 0 fully saturated rings. The summed E-state index contributed by atoms with van der Waals surface area (Å²) in [5.74, 6) is -0.160. The summed E-state index contributed by atoms with van der Waals surface area (Å²) < 4.78 is 4.24. The fraction of sp³-hybridized carbons (Fsp3) is 0.235. The van der Waals surface area contributed by atoms with Crippen LogP contribution in [-0.4, -0.2) is 20.4 Å². The van der Waals surface area contributed by atoms with Gasteiger partial charge in [0.15, 0.2) is 10.6 Å². The largest absolute Gasteiger partial charge is 0.506 e. The Bertz CT molecular complexity index is 951. The van der Waals surface area contributed by atoms with Crippen LogP contribution in [0, 0.1) is 0 Å². The van der Waals surface area contributed by atoms with Gasteiger partial charge in [-0.2, -0.15) is 4.37 Å². The second-order valence-corrected chi connectivity index (χ2v) is 6.07. The molecule has 3 aromatic rings. The second kappa shape index (κ2) is 7.35. The third kappa shape index (κ3) is 3.63. The van der Waals surface area contributed by atoms with Gasteiger partial charge in [-0.3, -0.25) is 4.79 Å². The van der Waals surface area contributed by atoms with Crippen molar-refractivity contribution in [1.82, 2.24) is 9.36 Å². The van der Waals surface area contributed by atoms with Gasteiger partial charge in [0.05, 0.1) is 16.8 Å². The highest BCUT2D eigenvalue weighted by Gasteiger charge is 2.11. The quantitative estimate of drug-likeness (QED) is 0.511. The number of aryl methyl sites for hydroxylation is 1. The van der Waals surface area contributed by atoms with Gasteiger partial charge in [0, 0.05) is 12.6 Å². The first-order valence-electron chi connectivity index (χ1n) is 7.90. The van der Waals surface area contributed by atoms with Gasteiger partial charge >= 0.3 is 0 Å². The van der Waals surface area contributed by atoms with Crippen molar-refractivity contribution in [3.63, 3.8) is 0 Å². The molecule has 128 valence electrons. The summed E-state index contributed by atoms with van der Waals surface area (Å²) in [6.07, 6.45) is 2.68. The number of aromatic nitrogens is 2. The Hall–Kier alpha value is -2.87. The predicted molar refractivity (Wildman–Crippen MR) is 98.0 cm³/mol. The Morgan fingerprint density at radius 3 is 2.92 bits per heavy atom. The fourth-order valence-electron chi connectivity index (χ4n) is 2.28. The van der Waals surface area contributed by atoms with E-state index in [9.17, 15) is 9.90 Å². The number of nitrogens with one attached hydrogen (secondary N) is 1. The van der Waals surface area contributed by atoms with Gasteiger partial charge in [-0.05, 0) is 47.8 Å². The van der Waals surface area contributed by atoms with Gasteiger partial charge in [-0.1, -0.05) is 13.8 Å². The molecule has 0 unspecified atom stereocenters. The van der Waals surface area contributed by atoms with E-state index in [-0.39, 0.29) is 11.7 Å². The number of phenols is 1. The number of carbonyl (C=O) groups excluding carboxylic acids is 1. The van der Waals surface area contributed by atoms with Crippen molar-refractivity contribution >= 4 is 44.8 Å². The number of benzene rings is 1. The molecular weight excluding hydrogens is 338 g/mol. The molecule has 2 N–H and O–H groups in total. The number of hydrogen-bond donors (Lipinski definition) is 2. The number of amides is 1. The van der Waals surface area contributed by atoms with E-state index in [4.69, 9.17) is 0 Å². The molecule has 2 heterocycles. The van der Waals surface area contributed by atoms with Crippen molar-refractivity contribution in [3.05, 3.63) is 36.0 Å². The molecule has 0 aliphatic heterocycles. The number of hydrogen-bond acceptors (Lipinski definition) is 7. The lowest BCUT2D eigenvalue weighted by Crippen LogP contribution is -2.09. The van der Waals surface area contributed by atoms with Gasteiger partial charge in [0.2, 0.25) is 5.91 Å². The zero-order valence-corrected chi connectivity index (χ0v) is 14.7. The van der Waals surface area contributed by atoms with Crippen molar-refractivity contribution in [2.75, 3.05) is 5.32 Å². The monoisotopic (exact) mass is 355 g/mol. The minimum Gasteiger partial charge on any atom is -0.506 e. The summed E-state index contributed by atoms with van der Waals surface area (Å²) in [7, 11) is 0. The standard InChI is InChI=1S/C17H17N5O2S/c1-3-10-8-14(23)13(19-15(24)4-2)9-12(10)20-21-17-11-6-5-7-18-16(11)22-25-17/h5-9,23H,3-4H2,1-2H3,(H,19,24). The van der Waals surface area contributed by atoms with Gasteiger partial charge in [0.25, 0.3) is 0 Å². The molecule has 0 radical (unpaired) electrons. The molecule has 25 heavy (non-hydrogen) atoms. The molecule has 0 spiro atoms. The maximum Gasteiger partial charge on any atom is 0.224 e. The average Bonchev–Trinajstić information content (AvgIpc) is 3.05. The summed E-state index contributed by atoms with van der Waals surface area (Å²) in [6, 6.07) is 6.95. The van der Waals surface area contributed by atoms with Crippen LogP contribution in [0.2, 0.25) is 0 Å². The SMILES string of the molecule is CCC(=O)Nc1cc(N=Nc2snc3ncccc23)c(CC)cc1O. The summed E-state index contributed by atoms with van der Waals surface area (Å²) in [4.78, 5) is 15.8. The minimum absolute atomic E-state index is 0.0186. The number of anilines is 1. The number of nitrogens with zero attached hydrogens (tertiary/aromatic N) is 4. The van der Waals surface area contributed by atoms with Crippen LogP contribution in [0.1, 0.15) is 25.8 Å². The highest BCUT2D eigenvalue weighted by Crippen LogP contribution is 2.35. The Morgan fingerprint density at radius 2 is 2.16 bits per heavy atom. The molecule has 0 saturated heterocycles. The molecule has 7 nitrogen and oxygen atoms in total. The Kier molecular flexibility index (Phi) is 4.99. The Labute approximate surface area is 148 Å². The molecule has 0 aliphatic rings. The zero-order chi connectivity index (χ0) is 17.8. The number of aromatic hydroxyl groups is 1. The average molecular weight is 355 g/mol. The maximum absolute atomic E-state index is 11.6. The smallest absolute Gasteiger partial charge is 0.224 e. The van der Waals surface area contributed by atoms with Crippen LogP contribution < -0.4 is 5.32 Å². The van der Waals surface area contributed by atoms with Crippen LogP contribution in [0.5, 0.6) is 5.75 Å². The van der Waals surface area contributed by atoms with Crippen molar-refractivity contribution in [2.24, 2.45) is 10.2 Å². The first kappa shape index (κ1) is 17.0. The number of azo groups is 1. The second-order valence-electron chi connectivity index (χ2n) is 5.32. The number of pyridine rings is 1. The van der Waals surface area contributed by atoms with Crippen LogP contribution in [0.25, 0.3) is 11.0 Å². The highest BCUT2D eigenvalue weighted by molar-refractivity contribution is 7.11. The first-order valence-corrected chi connectivity index (χ1v) is 8.67. The summed E-state index contributed by atoms with van der Waals surface area (Å²) in [5.41, 5.74) is 2.40. The molecule has 0 aliphatic carbocycles. The summed E-state index contributed by atoms with van der Waals surface area (Å²) >= 11 is 1.23. The van der Waals surface area contributed by atoms with Crippen molar-refractivity contribution in [3.8, 4) is 5.75 Å². The van der Waals surface area contributed by atoms with E-state index in [1.54, 1.807) is 25.3 Å². The first-order chi connectivity index (χ1) is 12.1. The predicted octanol–water partition coefficient (Wildman–Crippen LogP) is 4.72. The van der Waals surface area contributed by atoms with Crippen molar-refractivity contribution in [2.45, 2.75) is 26.7 Å². The van der Waals surface area contributed by atoms with Crippen molar-refractivity contribution in [1.29, 1.82) is 0 Å². The minimum atomic E-state index is -0.179. The van der Waals surface area contributed by atoms with Gasteiger partial charge in [-0.15, -0.1) is 10.2 Å². The van der Waals surface area contributed by atoms with E-state index in [2.05, 4.69) is 24.9 Å². The number of carbonyl (C=O) groups is 1. The van der Waals surface area contributed by atoms with Gasteiger partial charge < -0.3 is 10.4 Å². The lowest BCUT2D eigenvalue weighted by molar-refractivity contribution is -0.115. The van der Waals surface area contributed by atoms with E-state index in [0.717, 1.165) is 10.9 Å². The normalized spacial score (nSPS) is 11.3. The van der Waals surface area contributed by atoms with E-state index in [1.807, 2.05) is 19.1 Å². The third-order valence-electron chi connectivity index (χ3n) is 3.66. The molecule has 8 heteroatoms. The maximum atomic E-state index is 11.6.